The molecule has 3 N–H and O–H groups in total. The number of anilines is 1. The maximum atomic E-state index is 9.26. The van der Waals surface area contributed by atoms with Gasteiger partial charge in [0, 0.05) is 17.3 Å². The number of hydrogen-bond acceptors (Lipinski definition) is 5. The van der Waals surface area contributed by atoms with Crippen molar-refractivity contribution in [3.05, 3.63) is 29.4 Å². The van der Waals surface area contributed by atoms with Crippen molar-refractivity contribution >= 4 is 28.2 Å². The van der Waals surface area contributed by atoms with Crippen LogP contribution in [0.1, 0.15) is 0 Å². The zero-order valence-corrected chi connectivity index (χ0v) is 9.72. The lowest BCUT2D eigenvalue weighted by Gasteiger charge is -2.11. The van der Waals surface area contributed by atoms with E-state index in [0.29, 0.717) is 11.0 Å². The summed E-state index contributed by atoms with van der Waals surface area (Å²) in [5.41, 5.74) is 0. The molecule has 0 amide bonds. The van der Waals surface area contributed by atoms with Crippen LogP contribution in [0.5, 0.6) is 0 Å². The van der Waals surface area contributed by atoms with E-state index in [0.717, 1.165) is 10.8 Å². The van der Waals surface area contributed by atoms with Crippen molar-refractivity contribution in [2.75, 3.05) is 18.5 Å². The Morgan fingerprint density at radius 2 is 1.94 bits per heavy atom. The second-order valence-electron chi connectivity index (χ2n) is 3.60. The third-order valence-corrected chi connectivity index (χ3v) is 2.64. The first kappa shape index (κ1) is 12.0. The molecule has 1 aromatic heterocycles. The number of aliphatic hydroxyl groups excluding tert-OH is 2. The molecule has 17 heavy (non-hydrogen) atoms. The minimum absolute atomic E-state index is 0.205. The van der Waals surface area contributed by atoms with Crippen molar-refractivity contribution in [3.8, 4) is 0 Å². The van der Waals surface area contributed by atoms with Gasteiger partial charge in [-0.1, -0.05) is 35.9 Å². The number of rotatable bonds is 4. The average molecular weight is 254 g/mol. The largest absolute Gasteiger partial charge is 0.394 e. The quantitative estimate of drug-likeness (QED) is 0.759. The summed E-state index contributed by atoms with van der Waals surface area (Å²) in [6, 6.07) is 7.44. The molecule has 1 atom stereocenters. The SMILES string of the molecule is OCC(O)CNc1nnc(Cl)c2ccccc12. The van der Waals surface area contributed by atoms with Crippen molar-refractivity contribution in [1.82, 2.24) is 10.2 Å². The van der Waals surface area contributed by atoms with Crippen molar-refractivity contribution < 1.29 is 10.2 Å². The smallest absolute Gasteiger partial charge is 0.159 e. The summed E-state index contributed by atoms with van der Waals surface area (Å²) in [4.78, 5) is 0. The predicted octanol–water partition coefficient (Wildman–Crippen LogP) is 1.05. The standard InChI is InChI=1S/C11H12ClN3O2/c12-10-8-3-1-2-4-9(8)11(15-14-10)13-5-7(17)6-16/h1-4,7,16-17H,5-6H2,(H,13,15). The number of hydrogen-bond donors (Lipinski definition) is 3. The molecule has 2 aromatic rings. The van der Waals surface area contributed by atoms with E-state index in [-0.39, 0.29) is 13.2 Å². The number of aromatic nitrogens is 2. The van der Waals surface area contributed by atoms with Gasteiger partial charge in [-0.3, -0.25) is 0 Å². The summed E-state index contributed by atoms with van der Waals surface area (Å²) in [5, 5.41) is 30.6. The van der Waals surface area contributed by atoms with Crippen LogP contribution in [-0.2, 0) is 0 Å². The molecule has 0 spiro atoms. The maximum Gasteiger partial charge on any atom is 0.159 e. The summed E-state index contributed by atoms with van der Waals surface area (Å²) >= 11 is 5.93. The lowest BCUT2D eigenvalue weighted by molar-refractivity contribution is 0.105. The van der Waals surface area contributed by atoms with E-state index in [4.69, 9.17) is 16.7 Å². The third-order valence-electron chi connectivity index (χ3n) is 2.36. The van der Waals surface area contributed by atoms with Gasteiger partial charge in [0.25, 0.3) is 0 Å². The second-order valence-corrected chi connectivity index (χ2v) is 3.96. The van der Waals surface area contributed by atoms with Crippen LogP contribution in [0.15, 0.2) is 24.3 Å². The van der Waals surface area contributed by atoms with Crippen molar-refractivity contribution in [1.29, 1.82) is 0 Å². The number of nitrogens with one attached hydrogen (secondary N) is 1. The van der Waals surface area contributed by atoms with Gasteiger partial charge in [-0.15, -0.1) is 10.2 Å². The highest BCUT2D eigenvalue weighted by Gasteiger charge is 2.08. The summed E-state index contributed by atoms with van der Waals surface area (Å²) in [7, 11) is 0. The van der Waals surface area contributed by atoms with Crippen LogP contribution in [0, 0.1) is 0 Å². The number of benzene rings is 1. The highest BCUT2D eigenvalue weighted by molar-refractivity contribution is 6.34. The Labute approximate surface area is 103 Å². The van der Waals surface area contributed by atoms with Crippen molar-refractivity contribution in [3.63, 3.8) is 0 Å². The topological polar surface area (TPSA) is 78.3 Å². The number of nitrogens with zero attached hydrogens (tertiary/aromatic N) is 2. The normalized spacial score (nSPS) is 12.6. The molecule has 1 heterocycles. The molecule has 0 aliphatic carbocycles. The molecule has 1 aromatic carbocycles. The fourth-order valence-electron chi connectivity index (χ4n) is 1.48. The second kappa shape index (κ2) is 5.27. The zero-order chi connectivity index (χ0) is 12.3. The molecule has 2 rings (SSSR count). The van der Waals surface area contributed by atoms with Gasteiger partial charge in [-0.05, 0) is 0 Å². The van der Waals surface area contributed by atoms with Gasteiger partial charge in [0.2, 0.25) is 0 Å². The van der Waals surface area contributed by atoms with Crippen LogP contribution in [0.25, 0.3) is 10.8 Å². The molecule has 1 unspecified atom stereocenters. The van der Waals surface area contributed by atoms with E-state index in [1.165, 1.54) is 0 Å². The summed E-state index contributed by atoms with van der Waals surface area (Å²) in [6.07, 6.45) is -0.828. The Morgan fingerprint density at radius 3 is 2.65 bits per heavy atom. The summed E-state index contributed by atoms with van der Waals surface area (Å²) in [6.45, 7) is -0.0945. The molecule has 5 nitrogen and oxygen atoms in total. The van der Waals surface area contributed by atoms with Crippen LogP contribution in [0.2, 0.25) is 5.15 Å². The van der Waals surface area contributed by atoms with Gasteiger partial charge in [0.1, 0.15) is 0 Å². The van der Waals surface area contributed by atoms with E-state index in [1.807, 2.05) is 24.3 Å². The Kier molecular flexibility index (Phi) is 3.73. The molecular formula is C11H12ClN3O2. The first-order valence-corrected chi connectivity index (χ1v) is 5.54. The lowest BCUT2D eigenvalue weighted by Crippen LogP contribution is -2.23. The average Bonchev–Trinajstić information content (AvgIpc) is 2.38. The molecule has 6 heteroatoms. The Hall–Kier alpha value is -1.43. The lowest BCUT2D eigenvalue weighted by atomic mass is 10.2. The molecule has 0 saturated carbocycles. The fourth-order valence-corrected chi connectivity index (χ4v) is 1.68. The Morgan fingerprint density at radius 1 is 1.24 bits per heavy atom. The summed E-state index contributed by atoms with van der Waals surface area (Å²) < 4.78 is 0. The minimum Gasteiger partial charge on any atom is -0.394 e. The molecule has 0 saturated heterocycles. The first-order chi connectivity index (χ1) is 8.22. The van der Waals surface area contributed by atoms with E-state index >= 15 is 0 Å². The number of fused-ring (bicyclic) bond motifs is 1. The van der Waals surface area contributed by atoms with Gasteiger partial charge in [0.15, 0.2) is 11.0 Å². The first-order valence-electron chi connectivity index (χ1n) is 5.16. The van der Waals surface area contributed by atoms with E-state index in [9.17, 15) is 5.11 Å². The molecule has 0 aliphatic heterocycles. The minimum atomic E-state index is -0.828. The van der Waals surface area contributed by atoms with Crippen molar-refractivity contribution in [2.24, 2.45) is 0 Å². The highest BCUT2D eigenvalue weighted by Crippen LogP contribution is 2.25. The van der Waals surface area contributed by atoms with Crippen LogP contribution in [0.3, 0.4) is 0 Å². The zero-order valence-electron chi connectivity index (χ0n) is 8.97. The molecule has 0 bridgehead atoms. The van der Waals surface area contributed by atoms with E-state index in [1.54, 1.807) is 0 Å². The number of aliphatic hydroxyl groups is 2. The maximum absolute atomic E-state index is 9.26. The van der Waals surface area contributed by atoms with Gasteiger partial charge >= 0.3 is 0 Å². The Balaban J connectivity index is 2.32. The van der Waals surface area contributed by atoms with Crippen LogP contribution >= 0.6 is 11.6 Å². The van der Waals surface area contributed by atoms with Gasteiger partial charge < -0.3 is 15.5 Å². The highest BCUT2D eigenvalue weighted by atomic mass is 35.5. The molecular weight excluding hydrogens is 242 g/mol. The van der Waals surface area contributed by atoms with Crippen LogP contribution < -0.4 is 5.32 Å². The predicted molar refractivity (Wildman–Crippen MR) is 66.1 cm³/mol. The van der Waals surface area contributed by atoms with E-state index < -0.39 is 6.10 Å². The molecule has 90 valence electrons. The number of halogens is 1. The monoisotopic (exact) mass is 253 g/mol. The van der Waals surface area contributed by atoms with Crippen LogP contribution in [0.4, 0.5) is 5.82 Å². The van der Waals surface area contributed by atoms with Crippen LogP contribution in [-0.4, -0.2) is 39.7 Å². The van der Waals surface area contributed by atoms with Gasteiger partial charge in [-0.25, -0.2) is 0 Å². The summed E-state index contributed by atoms with van der Waals surface area (Å²) in [5.74, 6) is 0.539. The Bertz CT molecular complexity index is 521. The third kappa shape index (κ3) is 2.63. The molecule has 0 aliphatic rings. The van der Waals surface area contributed by atoms with Gasteiger partial charge in [0.05, 0.1) is 12.7 Å². The van der Waals surface area contributed by atoms with E-state index in [2.05, 4.69) is 15.5 Å². The van der Waals surface area contributed by atoms with Crippen molar-refractivity contribution in [2.45, 2.75) is 6.10 Å². The molecule has 0 fully saturated rings. The fraction of sp³-hybridized carbons (Fsp3) is 0.273. The van der Waals surface area contributed by atoms with Gasteiger partial charge in [-0.2, -0.15) is 0 Å². The molecule has 0 radical (unpaired) electrons.